The number of hydrogen-bond donors (Lipinski definition) is 0. The second-order valence-corrected chi connectivity index (χ2v) is 3.22. The molecule has 0 fully saturated rings. The first-order chi connectivity index (χ1) is 6.17. The van der Waals surface area contributed by atoms with Crippen molar-refractivity contribution in [2.24, 2.45) is 0 Å². The third-order valence-corrected chi connectivity index (χ3v) is 2.17. The van der Waals surface area contributed by atoms with Crippen LogP contribution in [0.2, 0.25) is 0 Å². The lowest BCUT2D eigenvalue weighted by Crippen LogP contribution is -1.96. The van der Waals surface area contributed by atoms with Crippen LogP contribution >= 0.6 is 11.6 Å². The largest absolute Gasteiger partial charge is 0.303 e. The molecular formula is C10H10ClFO. The minimum Gasteiger partial charge on any atom is -0.303 e. The first-order valence-electron chi connectivity index (χ1n) is 3.98. The third-order valence-electron chi connectivity index (χ3n) is 1.86. The molecule has 0 heterocycles. The number of aldehydes is 1. The number of carbonyl (C=O) groups excluding carboxylic acids is 1. The highest BCUT2D eigenvalue weighted by Crippen LogP contribution is 2.17. The molecule has 0 saturated heterocycles. The molecule has 3 heteroatoms. The molecule has 0 N–H and O–H groups in total. The van der Waals surface area contributed by atoms with E-state index in [2.05, 4.69) is 0 Å². The second kappa shape index (κ2) is 4.38. The van der Waals surface area contributed by atoms with Crippen LogP contribution in [0.15, 0.2) is 18.2 Å². The minimum absolute atomic E-state index is 0.260. The molecule has 70 valence electrons. The van der Waals surface area contributed by atoms with Crippen molar-refractivity contribution in [2.75, 3.05) is 0 Å². The molecule has 0 amide bonds. The summed E-state index contributed by atoms with van der Waals surface area (Å²) in [6, 6.07) is 4.47. The Balaban J connectivity index is 3.07. The van der Waals surface area contributed by atoms with Crippen molar-refractivity contribution in [3.8, 4) is 0 Å². The summed E-state index contributed by atoms with van der Waals surface area (Å²) in [7, 11) is 0. The maximum Gasteiger partial charge on any atom is 0.127 e. The summed E-state index contributed by atoms with van der Waals surface area (Å²) in [5.41, 5.74) is 1.37. The number of halogens is 2. The average Bonchev–Trinajstić information content (AvgIpc) is 2.15. The van der Waals surface area contributed by atoms with Crippen molar-refractivity contribution in [1.29, 1.82) is 0 Å². The van der Waals surface area contributed by atoms with Crippen molar-refractivity contribution in [2.45, 2.75) is 18.7 Å². The number of hydrogen-bond acceptors (Lipinski definition) is 1. The summed E-state index contributed by atoms with van der Waals surface area (Å²) >= 11 is 5.56. The van der Waals surface area contributed by atoms with Gasteiger partial charge in [0.15, 0.2) is 0 Å². The fourth-order valence-corrected chi connectivity index (χ4v) is 1.25. The van der Waals surface area contributed by atoms with E-state index in [0.717, 1.165) is 6.29 Å². The Labute approximate surface area is 81.5 Å². The zero-order chi connectivity index (χ0) is 9.84. The van der Waals surface area contributed by atoms with Crippen LogP contribution < -0.4 is 0 Å². The van der Waals surface area contributed by atoms with E-state index in [-0.39, 0.29) is 17.6 Å². The van der Waals surface area contributed by atoms with Gasteiger partial charge in [0, 0.05) is 11.8 Å². The van der Waals surface area contributed by atoms with Gasteiger partial charge in [-0.05, 0) is 23.3 Å². The van der Waals surface area contributed by atoms with E-state index in [9.17, 15) is 9.18 Å². The summed E-state index contributed by atoms with van der Waals surface area (Å²) in [5, 5.41) is 0. The standard InChI is InChI=1S/C10H10ClFO/c1-7(6-13)9-2-8(5-11)3-10(12)4-9/h2-4,6-7H,5H2,1H3. The molecule has 0 radical (unpaired) electrons. The smallest absolute Gasteiger partial charge is 0.127 e. The summed E-state index contributed by atoms with van der Waals surface area (Å²) in [5.74, 6) is -0.365. The molecule has 0 aromatic heterocycles. The van der Waals surface area contributed by atoms with Gasteiger partial charge < -0.3 is 4.79 Å². The lowest BCUT2D eigenvalue weighted by Gasteiger charge is -2.05. The van der Waals surface area contributed by atoms with Crippen LogP contribution in [0.3, 0.4) is 0 Å². The fourth-order valence-electron chi connectivity index (χ4n) is 1.09. The van der Waals surface area contributed by atoms with Crippen molar-refractivity contribution in [1.82, 2.24) is 0 Å². The van der Waals surface area contributed by atoms with Crippen LogP contribution in [0.1, 0.15) is 24.0 Å². The third kappa shape index (κ3) is 2.52. The van der Waals surface area contributed by atoms with Crippen LogP contribution in [0.5, 0.6) is 0 Å². The van der Waals surface area contributed by atoms with Crippen LogP contribution in [-0.2, 0) is 10.7 Å². The molecule has 1 aromatic carbocycles. The van der Waals surface area contributed by atoms with Crippen molar-refractivity contribution in [3.63, 3.8) is 0 Å². The Morgan fingerprint density at radius 1 is 1.54 bits per heavy atom. The van der Waals surface area contributed by atoms with Crippen molar-refractivity contribution in [3.05, 3.63) is 35.1 Å². The van der Waals surface area contributed by atoms with E-state index < -0.39 is 0 Å². The zero-order valence-electron chi connectivity index (χ0n) is 7.26. The summed E-state index contributed by atoms with van der Waals surface area (Å²) in [4.78, 5) is 10.5. The number of benzene rings is 1. The first-order valence-corrected chi connectivity index (χ1v) is 4.51. The number of rotatable bonds is 3. The second-order valence-electron chi connectivity index (χ2n) is 2.95. The van der Waals surface area contributed by atoms with Gasteiger partial charge in [0.1, 0.15) is 12.1 Å². The molecule has 0 aliphatic heterocycles. The quantitative estimate of drug-likeness (QED) is 0.542. The normalized spacial score (nSPS) is 12.5. The lowest BCUT2D eigenvalue weighted by atomic mass is 10.0. The molecule has 13 heavy (non-hydrogen) atoms. The highest BCUT2D eigenvalue weighted by molar-refractivity contribution is 6.17. The van der Waals surface area contributed by atoms with Gasteiger partial charge in [0.05, 0.1) is 0 Å². The van der Waals surface area contributed by atoms with E-state index in [1.807, 2.05) is 0 Å². The SMILES string of the molecule is CC(C=O)c1cc(F)cc(CCl)c1. The summed E-state index contributed by atoms with van der Waals surface area (Å²) < 4.78 is 12.9. The predicted molar refractivity (Wildman–Crippen MR) is 50.4 cm³/mol. The van der Waals surface area contributed by atoms with Crippen molar-refractivity contribution < 1.29 is 9.18 Å². The number of carbonyl (C=O) groups is 1. The highest BCUT2D eigenvalue weighted by atomic mass is 35.5. The summed E-state index contributed by atoms with van der Waals surface area (Å²) in [6.45, 7) is 1.72. The molecular weight excluding hydrogens is 191 g/mol. The molecule has 1 atom stereocenters. The molecule has 1 nitrogen and oxygen atoms in total. The van der Waals surface area contributed by atoms with Crippen molar-refractivity contribution >= 4 is 17.9 Å². The Bertz CT molecular complexity index is 312. The molecule has 1 unspecified atom stereocenters. The maximum atomic E-state index is 12.9. The lowest BCUT2D eigenvalue weighted by molar-refractivity contribution is -0.108. The van der Waals surface area contributed by atoms with Gasteiger partial charge >= 0.3 is 0 Å². The topological polar surface area (TPSA) is 17.1 Å². The molecule has 1 rings (SSSR count). The Morgan fingerprint density at radius 3 is 2.77 bits per heavy atom. The Morgan fingerprint density at radius 2 is 2.23 bits per heavy atom. The fraction of sp³-hybridized carbons (Fsp3) is 0.300. The molecule has 0 bridgehead atoms. The molecule has 0 spiro atoms. The van der Waals surface area contributed by atoms with Crippen LogP contribution in [-0.4, -0.2) is 6.29 Å². The Kier molecular flexibility index (Phi) is 3.43. The van der Waals surface area contributed by atoms with Gasteiger partial charge in [0.25, 0.3) is 0 Å². The van der Waals surface area contributed by atoms with E-state index in [1.165, 1.54) is 12.1 Å². The Hall–Kier alpha value is -0.890. The van der Waals surface area contributed by atoms with E-state index in [1.54, 1.807) is 13.0 Å². The van der Waals surface area contributed by atoms with Crippen LogP contribution in [0.25, 0.3) is 0 Å². The molecule has 0 aliphatic carbocycles. The van der Waals surface area contributed by atoms with Gasteiger partial charge in [-0.2, -0.15) is 0 Å². The first kappa shape index (κ1) is 10.2. The number of alkyl halides is 1. The minimum atomic E-state index is -0.346. The van der Waals surface area contributed by atoms with Gasteiger partial charge in [-0.1, -0.05) is 13.0 Å². The molecule has 0 saturated carbocycles. The van der Waals surface area contributed by atoms with Crippen LogP contribution in [0.4, 0.5) is 4.39 Å². The van der Waals surface area contributed by atoms with Gasteiger partial charge in [0.2, 0.25) is 0 Å². The highest BCUT2D eigenvalue weighted by Gasteiger charge is 2.06. The van der Waals surface area contributed by atoms with E-state index >= 15 is 0 Å². The zero-order valence-corrected chi connectivity index (χ0v) is 8.01. The van der Waals surface area contributed by atoms with E-state index in [4.69, 9.17) is 11.6 Å². The van der Waals surface area contributed by atoms with E-state index in [0.29, 0.717) is 11.1 Å². The van der Waals surface area contributed by atoms with Gasteiger partial charge in [-0.25, -0.2) is 4.39 Å². The van der Waals surface area contributed by atoms with Crippen LogP contribution in [0, 0.1) is 5.82 Å². The summed E-state index contributed by atoms with van der Waals surface area (Å²) in [6.07, 6.45) is 0.785. The van der Waals surface area contributed by atoms with Gasteiger partial charge in [-0.15, -0.1) is 11.6 Å². The maximum absolute atomic E-state index is 12.9. The monoisotopic (exact) mass is 200 g/mol. The van der Waals surface area contributed by atoms with Gasteiger partial charge in [-0.3, -0.25) is 0 Å². The molecule has 1 aromatic rings. The molecule has 0 aliphatic rings. The predicted octanol–water partition coefficient (Wildman–Crippen LogP) is 2.87. The average molecular weight is 201 g/mol.